The van der Waals surface area contributed by atoms with Crippen LogP contribution in [0.1, 0.15) is 298 Å². The largest absolute Gasteiger partial charge is 0.462 e. The van der Waals surface area contributed by atoms with Crippen molar-refractivity contribution in [3.8, 4) is 0 Å². The maximum absolute atomic E-state index is 12.8. The van der Waals surface area contributed by atoms with E-state index in [1.807, 2.05) is 0 Å². The van der Waals surface area contributed by atoms with Crippen LogP contribution in [-0.4, -0.2) is 37.2 Å². The summed E-state index contributed by atoms with van der Waals surface area (Å²) in [5.41, 5.74) is 0. The van der Waals surface area contributed by atoms with Gasteiger partial charge in [-0.25, -0.2) is 0 Å². The third-order valence-corrected chi connectivity index (χ3v) is 12.6. The number of esters is 3. The van der Waals surface area contributed by atoms with Crippen molar-refractivity contribution in [2.24, 2.45) is 11.8 Å². The Morgan fingerprint density at radius 2 is 0.633 bits per heavy atom. The molecule has 0 heterocycles. The second-order valence-corrected chi connectivity index (χ2v) is 19.2. The number of hydrogen-bond acceptors (Lipinski definition) is 6. The van der Waals surface area contributed by atoms with Crippen molar-refractivity contribution in [3.05, 3.63) is 0 Å². The van der Waals surface area contributed by atoms with Gasteiger partial charge in [-0.2, -0.15) is 0 Å². The van der Waals surface area contributed by atoms with Gasteiger partial charge < -0.3 is 14.2 Å². The summed E-state index contributed by atoms with van der Waals surface area (Å²) in [5, 5.41) is 0. The fourth-order valence-corrected chi connectivity index (χ4v) is 8.13. The fraction of sp³-hybridized carbons (Fsp3) is 0.944. The van der Waals surface area contributed by atoms with Gasteiger partial charge >= 0.3 is 17.9 Å². The van der Waals surface area contributed by atoms with Gasteiger partial charge in [0.2, 0.25) is 0 Å². The first-order valence-electron chi connectivity index (χ1n) is 26.8. The van der Waals surface area contributed by atoms with Crippen LogP contribution in [0.5, 0.6) is 0 Å². The highest BCUT2D eigenvalue weighted by molar-refractivity contribution is 5.71. The first kappa shape index (κ1) is 58.4. The lowest BCUT2D eigenvalue weighted by molar-refractivity contribution is -0.167. The number of ether oxygens (including phenoxy) is 3. The molecule has 0 aromatic heterocycles. The van der Waals surface area contributed by atoms with E-state index in [-0.39, 0.29) is 31.1 Å². The summed E-state index contributed by atoms with van der Waals surface area (Å²) in [7, 11) is 0. The molecule has 0 amide bonds. The monoisotopic (exact) mass is 849 g/mol. The van der Waals surface area contributed by atoms with Crippen molar-refractivity contribution in [2.45, 2.75) is 304 Å². The zero-order valence-corrected chi connectivity index (χ0v) is 41.1. The molecule has 356 valence electrons. The molecule has 0 spiro atoms. The van der Waals surface area contributed by atoms with Crippen LogP contribution in [0.25, 0.3) is 0 Å². The first-order chi connectivity index (χ1) is 29.3. The minimum Gasteiger partial charge on any atom is -0.462 e. The highest BCUT2D eigenvalue weighted by atomic mass is 16.6. The molecule has 60 heavy (non-hydrogen) atoms. The maximum atomic E-state index is 12.8. The summed E-state index contributed by atoms with van der Waals surface area (Å²) < 4.78 is 16.8. The van der Waals surface area contributed by atoms with Gasteiger partial charge in [-0.3, -0.25) is 14.4 Å². The Kier molecular flexibility index (Phi) is 45.7. The van der Waals surface area contributed by atoms with Gasteiger partial charge in [-0.15, -0.1) is 0 Å². The lowest BCUT2D eigenvalue weighted by Gasteiger charge is -2.18. The van der Waals surface area contributed by atoms with E-state index < -0.39 is 6.10 Å². The second kappa shape index (κ2) is 46.9. The molecule has 2 atom stereocenters. The molecule has 6 nitrogen and oxygen atoms in total. The topological polar surface area (TPSA) is 78.9 Å². The highest BCUT2D eigenvalue weighted by Gasteiger charge is 2.19. The Balaban J connectivity index is 4.21. The standard InChI is InChI=1S/C54H104O6/c1-6-8-9-10-11-12-21-25-28-34-39-44-52(55)58-47-51(48-59-53(56)45-40-35-31-30-33-38-43-50(5)7-2)60-54(57)46-41-36-29-26-23-20-18-16-14-13-15-17-19-22-24-27-32-37-42-49(3)4/h49-51H,6-48H2,1-5H3/t50?,51-/m1/s1. The maximum Gasteiger partial charge on any atom is 0.306 e. The van der Waals surface area contributed by atoms with Crippen molar-refractivity contribution in [1.29, 1.82) is 0 Å². The lowest BCUT2D eigenvalue weighted by atomic mass is 10.00. The smallest absolute Gasteiger partial charge is 0.306 e. The van der Waals surface area contributed by atoms with E-state index in [0.29, 0.717) is 19.3 Å². The van der Waals surface area contributed by atoms with Gasteiger partial charge in [-0.1, -0.05) is 259 Å². The quantitative estimate of drug-likeness (QED) is 0.0345. The van der Waals surface area contributed by atoms with Crippen LogP contribution in [0.3, 0.4) is 0 Å². The second-order valence-electron chi connectivity index (χ2n) is 19.2. The molecule has 1 unspecified atom stereocenters. The average molecular weight is 849 g/mol. The molecule has 0 N–H and O–H groups in total. The van der Waals surface area contributed by atoms with E-state index in [0.717, 1.165) is 69.6 Å². The van der Waals surface area contributed by atoms with E-state index >= 15 is 0 Å². The molecular weight excluding hydrogens is 745 g/mol. The predicted molar refractivity (Wildman–Crippen MR) is 256 cm³/mol. The Hall–Kier alpha value is -1.59. The average Bonchev–Trinajstić information content (AvgIpc) is 3.23. The van der Waals surface area contributed by atoms with Crippen LogP contribution in [0.2, 0.25) is 0 Å². The molecule has 0 rings (SSSR count). The molecular formula is C54H104O6. The van der Waals surface area contributed by atoms with Crippen LogP contribution in [0.4, 0.5) is 0 Å². The molecule has 6 heteroatoms. The molecule has 0 aromatic rings. The Labute approximate surface area is 374 Å². The van der Waals surface area contributed by atoms with Gasteiger partial charge in [0.15, 0.2) is 6.10 Å². The number of hydrogen-bond donors (Lipinski definition) is 0. The summed E-state index contributed by atoms with van der Waals surface area (Å²) in [6.45, 7) is 11.4. The third kappa shape index (κ3) is 45.9. The van der Waals surface area contributed by atoms with E-state index in [1.165, 1.54) is 186 Å². The minimum absolute atomic E-state index is 0.0642. The zero-order chi connectivity index (χ0) is 44.0. The molecule has 0 fully saturated rings. The van der Waals surface area contributed by atoms with Crippen LogP contribution in [-0.2, 0) is 28.6 Å². The summed E-state index contributed by atoms with van der Waals surface area (Å²) in [6.07, 6.45) is 48.1. The molecule has 0 aliphatic carbocycles. The number of carbonyl (C=O) groups is 3. The zero-order valence-electron chi connectivity index (χ0n) is 41.1. The van der Waals surface area contributed by atoms with Gasteiger partial charge in [0.1, 0.15) is 13.2 Å². The van der Waals surface area contributed by atoms with Crippen LogP contribution >= 0.6 is 0 Å². The molecule has 0 saturated heterocycles. The third-order valence-electron chi connectivity index (χ3n) is 12.6. The van der Waals surface area contributed by atoms with Crippen molar-refractivity contribution >= 4 is 17.9 Å². The summed E-state index contributed by atoms with van der Waals surface area (Å²) in [4.78, 5) is 37.9. The normalized spacial score (nSPS) is 12.5. The highest BCUT2D eigenvalue weighted by Crippen LogP contribution is 2.18. The van der Waals surface area contributed by atoms with Crippen molar-refractivity contribution in [1.82, 2.24) is 0 Å². The van der Waals surface area contributed by atoms with E-state index in [1.54, 1.807) is 0 Å². The fourth-order valence-electron chi connectivity index (χ4n) is 8.13. The van der Waals surface area contributed by atoms with Crippen molar-refractivity contribution in [3.63, 3.8) is 0 Å². The Morgan fingerprint density at radius 3 is 0.950 bits per heavy atom. The predicted octanol–water partition coefficient (Wildman–Crippen LogP) is 17.3. The SMILES string of the molecule is CCCCCCCCCCCCCC(=O)OC[C@H](COC(=O)CCCCCCCCC(C)CC)OC(=O)CCCCCCCCCCCCCCCCCCCCC(C)C. The Morgan fingerprint density at radius 1 is 0.350 bits per heavy atom. The van der Waals surface area contributed by atoms with E-state index in [2.05, 4.69) is 34.6 Å². The summed E-state index contributed by atoms with van der Waals surface area (Å²) in [5.74, 6) is 0.822. The van der Waals surface area contributed by atoms with Gasteiger partial charge in [0, 0.05) is 19.3 Å². The summed E-state index contributed by atoms with van der Waals surface area (Å²) >= 11 is 0. The first-order valence-corrected chi connectivity index (χ1v) is 26.8. The molecule has 0 aromatic carbocycles. The van der Waals surface area contributed by atoms with Crippen molar-refractivity contribution < 1.29 is 28.6 Å². The van der Waals surface area contributed by atoms with E-state index in [4.69, 9.17) is 14.2 Å². The van der Waals surface area contributed by atoms with Crippen molar-refractivity contribution in [2.75, 3.05) is 13.2 Å². The van der Waals surface area contributed by atoms with Crippen LogP contribution in [0.15, 0.2) is 0 Å². The molecule has 0 saturated carbocycles. The number of rotatable bonds is 48. The van der Waals surface area contributed by atoms with Gasteiger partial charge in [0.25, 0.3) is 0 Å². The number of unbranched alkanes of at least 4 members (excludes halogenated alkanes) is 32. The van der Waals surface area contributed by atoms with Gasteiger partial charge in [0.05, 0.1) is 0 Å². The molecule has 0 aliphatic heterocycles. The lowest BCUT2D eigenvalue weighted by Crippen LogP contribution is -2.30. The minimum atomic E-state index is -0.762. The molecule has 0 bridgehead atoms. The molecule has 0 radical (unpaired) electrons. The van der Waals surface area contributed by atoms with Crippen LogP contribution < -0.4 is 0 Å². The van der Waals surface area contributed by atoms with Crippen LogP contribution in [0, 0.1) is 11.8 Å². The Bertz CT molecular complexity index is 918. The van der Waals surface area contributed by atoms with E-state index in [9.17, 15) is 14.4 Å². The molecule has 0 aliphatic rings. The number of carbonyl (C=O) groups excluding carboxylic acids is 3. The van der Waals surface area contributed by atoms with Gasteiger partial charge in [-0.05, 0) is 31.1 Å². The summed E-state index contributed by atoms with van der Waals surface area (Å²) in [6, 6.07) is 0.